The number of carbonyl (C=O) groups excluding carboxylic acids is 2. The zero-order valence-corrected chi connectivity index (χ0v) is 13.2. The van der Waals surface area contributed by atoms with Crippen LogP contribution in [0, 0.1) is 0 Å². The van der Waals surface area contributed by atoms with Gasteiger partial charge in [0.25, 0.3) is 5.91 Å². The molecule has 1 N–H and O–H groups in total. The first-order chi connectivity index (χ1) is 10.0. The third-order valence-electron chi connectivity index (χ3n) is 2.55. The summed E-state index contributed by atoms with van der Waals surface area (Å²) in [6, 6.07) is 7.39. The van der Waals surface area contributed by atoms with Crippen molar-refractivity contribution in [3.63, 3.8) is 0 Å². The SMILES string of the molecule is CCOc1ccc(/C=C2\SC(=S)N(NC(C)=O)C2=O)cc1. The molecule has 0 aliphatic carbocycles. The number of hydrogen-bond acceptors (Lipinski definition) is 5. The molecule has 0 atom stereocenters. The lowest BCUT2D eigenvalue weighted by atomic mass is 10.2. The molecule has 0 spiro atoms. The molecule has 2 amide bonds. The Hall–Kier alpha value is -1.86. The average molecular weight is 322 g/mol. The first-order valence-electron chi connectivity index (χ1n) is 6.29. The van der Waals surface area contributed by atoms with Crippen LogP contribution in [0.4, 0.5) is 0 Å². The monoisotopic (exact) mass is 322 g/mol. The van der Waals surface area contributed by atoms with Crippen molar-refractivity contribution in [3.8, 4) is 5.75 Å². The van der Waals surface area contributed by atoms with Crippen molar-refractivity contribution in [1.82, 2.24) is 10.4 Å². The van der Waals surface area contributed by atoms with Crippen LogP contribution < -0.4 is 10.2 Å². The summed E-state index contributed by atoms with van der Waals surface area (Å²) < 4.78 is 5.67. The Bertz CT molecular complexity index is 611. The van der Waals surface area contributed by atoms with Crippen molar-refractivity contribution in [1.29, 1.82) is 0 Å². The lowest BCUT2D eigenvalue weighted by Gasteiger charge is -2.13. The van der Waals surface area contributed by atoms with Gasteiger partial charge in [-0.15, -0.1) is 0 Å². The van der Waals surface area contributed by atoms with Crippen molar-refractivity contribution >= 4 is 46.2 Å². The van der Waals surface area contributed by atoms with Gasteiger partial charge in [-0.3, -0.25) is 15.0 Å². The topological polar surface area (TPSA) is 58.6 Å². The van der Waals surface area contributed by atoms with Gasteiger partial charge in [0.2, 0.25) is 5.91 Å². The van der Waals surface area contributed by atoms with E-state index in [1.807, 2.05) is 31.2 Å². The van der Waals surface area contributed by atoms with Crippen molar-refractivity contribution in [3.05, 3.63) is 34.7 Å². The zero-order valence-electron chi connectivity index (χ0n) is 11.6. The molecule has 0 radical (unpaired) electrons. The van der Waals surface area contributed by atoms with E-state index in [2.05, 4.69) is 5.43 Å². The molecule has 2 rings (SSSR count). The molecule has 0 saturated carbocycles. The maximum absolute atomic E-state index is 12.1. The molecule has 1 fully saturated rings. The van der Waals surface area contributed by atoms with Gasteiger partial charge in [-0.1, -0.05) is 23.9 Å². The Balaban J connectivity index is 2.16. The molecule has 1 aromatic rings. The number of hydrazine groups is 1. The summed E-state index contributed by atoms with van der Waals surface area (Å²) in [4.78, 5) is 23.7. The van der Waals surface area contributed by atoms with Gasteiger partial charge in [0.15, 0.2) is 4.32 Å². The number of carbonyl (C=O) groups is 2. The van der Waals surface area contributed by atoms with Crippen LogP contribution in [0.3, 0.4) is 0 Å². The van der Waals surface area contributed by atoms with E-state index < -0.39 is 0 Å². The lowest BCUT2D eigenvalue weighted by molar-refractivity contribution is -0.131. The summed E-state index contributed by atoms with van der Waals surface area (Å²) in [7, 11) is 0. The zero-order chi connectivity index (χ0) is 15.4. The van der Waals surface area contributed by atoms with Crippen molar-refractivity contribution in [2.45, 2.75) is 13.8 Å². The van der Waals surface area contributed by atoms with E-state index >= 15 is 0 Å². The summed E-state index contributed by atoms with van der Waals surface area (Å²) in [6.45, 7) is 3.85. The molecule has 1 saturated heterocycles. The predicted octanol–water partition coefficient (Wildman–Crippen LogP) is 2.34. The second-order valence-corrected chi connectivity index (χ2v) is 5.86. The quantitative estimate of drug-likeness (QED) is 0.681. The maximum atomic E-state index is 12.1. The van der Waals surface area contributed by atoms with Crippen molar-refractivity contribution < 1.29 is 14.3 Å². The van der Waals surface area contributed by atoms with Gasteiger partial charge in [-0.25, -0.2) is 0 Å². The number of amides is 2. The highest BCUT2D eigenvalue weighted by atomic mass is 32.2. The van der Waals surface area contributed by atoms with E-state index in [4.69, 9.17) is 17.0 Å². The van der Waals surface area contributed by atoms with E-state index in [1.54, 1.807) is 6.08 Å². The largest absolute Gasteiger partial charge is 0.494 e. The van der Waals surface area contributed by atoms with Gasteiger partial charge >= 0.3 is 0 Å². The molecule has 1 heterocycles. The van der Waals surface area contributed by atoms with E-state index in [-0.39, 0.29) is 11.8 Å². The van der Waals surface area contributed by atoms with Crippen LogP contribution >= 0.6 is 24.0 Å². The maximum Gasteiger partial charge on any atom is 0.285 e. The number of thioether (sulfide) groups is 1. The normalized spacial score (nSPS) is 16.5. The highest BCUT2D eigenvalue weighted by Gasteiger charge is 2.32. The Morgan fingerprint density at radius 2 is 2.10 bits per heavy atom. The third kappa shape index (κ3) is 3.83. The smallest absolute Gasteiger partial charge is 0.285 e. The molecule has 5 nitrogen and oxygen atoms in total. The van der Waals surface area contributed by atoms with Crippen molar-refractivity contribution in [2.24, 2.45) is 0 Å². The lowest BCUT2D eigenvalue weighted by Crippen LogP contribution is -2.43. The molecule has 21 heavy (non-hydrogen) atoms. The van der Waals surface area contributed by atoms with Crippen LogP contribution in [-0.4, -0.2) is 27.8 Å². The fraction of sp³-hybridized carbons (Fsp3) is 0.214. The number of ether oxygens (including phenoxy) is 1. The minimum Gasteiger partial charge on any atom is -0.494 e. The Morgan fingerprint density at radius 1 is 1.43 bits per heavy atom. The summed E-state index contributed by atoms with van der Waals surface area (Å²) in [5.41, 5.74) is 3.27. The molecule has 0 bridgehead atoms. The fourth-order valence-electron chi connectivity index (χ4n) is 1.70. The highest BCUT2D eigenvalue weighted by molar-refractivity contribution is 8.26. The highest BCUT2D eigenvalue weighted by Crippen LogP contribution is 2.31. The van der Waals surface area contributed by atoms with Crippen LogP contribution in [0.2, 0.25) is 0 Å². The van der Waals surface area contributed by atoms with Crippen LogP contribution in [0.25, 0.3) is 6.08 Å². The van der Waals surface area contributed by atoms with E-state index in [1.165, 1.54) is 6.92 Å². The van der Waals surface area contributed by atoms with Gasteiger partial charge in [-0.05, 0) is 42.9 Å². The van der Waals surface area contributed by atoms with Crippen LogP contribution in [-0.2, 0) is 9.59 Å². The molecule has 0 aromatic heterocycles. The summed E-state index contributed by atoms with van der Waals surface area (Å²) in [6.07, 6.45) is 1.73. The minimum atomic E-state index is -0.339. The minimum absolute atomic E-state index is 0.312. The number of hydrogen-bond donors (Lipinski definition) is 1. The van der Waals surface area contributed by atoms with Crippen LogP contribution in [0.15, 0.2) is 29.2 Å². The standard InChI is InChI=1S/C14H14N2O3S2/c1-3-19-11-6-4-10(5-7-11)8-12-13(18)16(14(20)21-12)15-9(2)17/h4-8H,3H2,1-2H3,(H,15,17)/b12-8-. The first kappa shape index (κ1) is 15.5. The number of benzene rings is 1. The van der Waals surface area contributed by atoms with Gasteiger partial charge < -0.3 is 4.74 Å². The number of thiocarbonyl (C=S) groups is 1. The Labute approximate surface area is 132 Å². The third-order valence-corrected chi connectivity index (χ3v) is 3.85. The van der Waals surface area contributed by atoms with Crippen molar-refractivity contribution in [2.75, 3.05) is 6.61 Å². The van der Waals surface area contributed by atoms with E-state index in [0.29, 0.717) is 15.8 Å². The number of rotatable bonds is 4. The molecular weight excluding hydrogens is 308 g/mol. The molecule has 1 aliphatic rings. The second-order valence-electron chi connectivity index (χ2n) is 4.19. The Kier molecular flexibility index (Phi) is 4.98. The Morgan fingerprint density at radius 3 is 2.67 bits per heavy atom. The first-order valence-corrected chi connectivity index (χ1v) is 7.51. The van der Waals surface area contributed by atoms with Gasteiger partial charge in [0, 0.05) is 6.92 Å². The summed E-state index contributed by atoms with van der Waals surface area (Å²) >= 11 is 6.23. The average Bonchev–Trinajstić information content (AvgIpc) is 2.69. The molecule has 0 unspecified atom stereocenters. The fourth-order valence-corrected chi connectivity index (χ4v) is 2.88. The molecule has 110 valence electrons. The predicted molar refractivity (Wildman–Crippen MR) is 86.4 cm³/mol. The number of nitrogens with one attached hydrogen (secondary N) is 1. The molecule has 1 aliphatic heterocycles. The van der Waals surface area contributed by atoms with Gasteiger partial charge in [0.1, 0.15) is 5.75 Å². The van der Waals surface area contributed by atoms with Crippen LogP contribution in [0.1, 0.15) is 19.4 Å². The number of nitrogens with zero attached hydrogens (tertiary/aromatic N) is 1. The summed E-state index contributed by atoms with van der Waals surface area (Å²) in [5.74, 6) is 0.114. The van der Waals surface area contributed by atoms with E-state index in [0.717, 1.165) is 28.1 Å². The summed E-state index contributed by atoms with van der Waals surface area (Å²) in [5, 5.41) is 1.09. The molecule has 7 heteroatoms. The van der Waals surface area contributed by atoms with E-state index in [9.17, 15) is 9.59 Å². The van der Waals surface area contributed by atoms with Crippen LogP contribution in [0.5, 0.6) is 5.75 Å². The van der Waals surface area contributed by atoms with Gasteiger partial charge in [-0.2, -0.15) is 5.01 Å². The molecular formula is C14H14N2O3S2. The second kappa shape index (κ2) is 6.73. The molecule has 1 aromatic carbocycles. The van der Waals surface area contributed by atoms with Gasteiger partial charge in [0.05, 0.1) is 11.5 Å².